The summed E-state index contributed by atoms with van der Waals surface area (Å²) in [5, 5.41) is 0. The van der Waals surface area contributed by atoms with Gasteiger partial charge in [-0.05, 0) is 24.8 Å². The fraction of sp³-hybridized carbons (Fsp3) is 0.368. The Balaban J connectivity index is 1.52. The first kappa shape index (κ1) is 18.4. The van der Waals surface area contributed by atoms with E-state index in [2.05, 4.69) is 4.98 Å². The van der Waals surface area contributed by atoms with Crippen LogP contribution < -0.4 is 11.2 Å². The van der Waals surface area contributed by atoms with Crippen molar-refractivity contribution in [3.05, 3.63) is 81.1 Å². The molecule has 1 N–H and O–H groups in total. The van der Waals surface area contributed by atoms with Crippen LogP contribution in [0, 0.1) is 0 Å². The number of nitrogens with zero attached hydrogens (tertiary/aromatic N) is 1. The molecule has 7 heteroatoms. The van der Waals surface area contributed by atoms with Gasteiger partial charge in [0.2, 0.25) is 0 Å². The second-order valence-corrected chi connectivity index (χ2v) is 8.95. The van der Waals surface area contributed by atoms with Gasteiger partial charge in [0.05, 0.1) is 11.5 Å². The second-order valence-electron chi connectivity index (χ2n) is 6.76. The second kappa shape index (κ2) is 7.45. The SMILES string of the molecule is O=c1ccn(C/C=C/CCS(=O)(=O)CC2(c3ccccc3)CC2)c(=O)[nH]1. The number of hydrogen-bond acceptors (Lipinski definition) is 4. The van der Waals surface area contributed by atoms with E-state index in [0.29, 0.717) is 13.0 Å². The third-order valence-electron chi connectivity index (χ3n) is 4.70. The third-order valence-corrected chi connectivity index (χ3v) is 6.55. The molecule has 1 fully saturated rings. The van der Waals surface area contributed by atoms with Crippen LogP contribution in [-0.2, 0) is 21.8 Å². The topological polar surface area (TPSA) is 89.0 Å². The zero-order valence-electron chi connectivity index (χ0n) is 14.4. The lowest BCUT2D eigenvalue weighted by Crippen LogP contribution is -2.28. The number of benzene rings is 1. The van der Waals surface area contributed by atoms with Crippen LogP contribution >= 0.6 is 0 Å². The lowest BCUT2D eigenvalue weighted by Gasteiger charge is -2.15. The van der Waals surface area contributed by atoms with E-state index in [1.54, 1.807) is 12.2 Å². The van der Waals surface area contributed by atoms with Crippen LogP contribution in [0.25, 0.3) is 0 Å². The minimum atomic E-state index is -3.15. The highest BCUT2D eigenvalue weighted by Crippen LogP contribution is 2.49. The molecule has 1 saturated carbocycles. The van der Waals surface area contributed by atoms with Gasteiger partial charge in [-0.15, -0.1) is 0 Å². The molecule has 1 aliphatic carbocycles. The zero-order chi connectivity index (χ0) is 18.6. The number of aromatic amines is 1. The molecule has 1 aromatic carbocycles. The van der Waals surface area contributed by atoms with Crippen LogP contribution in [0.15, 0.2) is 64.3 Å². The van der Waals surface area contributed by atoms with Crippen molar-refractivity contribution in [3.63, 3.8) is 0 Å². The van der Waals surface area contributed by atoms with Gasteiger partial charge in [-0.2, -0.15) is 0 Å². The van der Waals surface area contributed by atoms with E-state index in [1.807, 2.05) is 30.3 Å². The molecule has 1 heterocycles. The summed E-state index contributed by atoms with van der Waals surface area (Å²) in [5.41, 5.74) is -0.00820. The molecule has 0 amide bonds. The maximum Gasteiger partial charge on any atom is 0.328 e. The Morgan fingerprint density at radius 1 is 1.08 bits per heavy atom. The van der Waals surface area contributed by atoms with Crippen molar-refractivity contribution in [3.8, 4) is 0 Å². The summed E-state index contributed by atoms with van der Waals surface area (Å²) in [4.78, 5) is 24.7. The van der Waals surface area contributed by atoms with Crippen molar-refractivity contribution in [1.29, 1.82) is 0 Å². The van der Waals surface area contributed by atoms with E-state index in [-0.39, 0.29) is 16.9 Å². The number of H-pyrrole nitrogens is 1. The van der Waals surface area contributed by atoms with Crippen LogP contribution in [0.1, 0.15) is 24.8 Å². The molecule has 0 unspecified atom stereocenters. The zero-order valence-corrected chi connectivity index (χ0v) is 15.2. The van der Waals surface area contributed by atoms with Gasteiger partial charge in [0.25, 0.3) is 5.56 Å². The highest BCUT2D eigenvalue weighted by molar-refractivity contribution is 7.91. The predicted octanol–water partition coefficient (Wildman–Crippen LogP) is 1.63. The van der Waals surface area contributed by atoms with Gasteiger partial charge < -0.3 is 0 Å². The number of sulfone groups is 1. The van der Waals surface area contributed by atoms with E-state index >= 15 is 0 Å². The fourth-order valence-electron chi connectivity index (χ4n) is 3.09. The van der Waals surface area contributed by atoms with Crippen molar-refractivity contribution < 1.29 is 8.42 Å². The van der Waals surface area contributed by atoms with E-state index in [4.69, 9.17) is 0 Å². The molecule has 0 saturated heterocycles. The Bertz CT molecular complexity index is 1000. The van der Waals surface area contributed by atoms with Crippen LogP contribution in [0.3, 0.4) is 0 Å². The maximum absolute atomic E-state index is 12.5. The average molecular weight is 374 g/mol. The summed E-state index contributed by atoms with van der Waals surface area (Å²) in [7, 11) is -3.15. The first-order valence-corrected chi connectivity index (χ1v) is 10.4. The molecule has 0 radical (unpaired) electrons. The molecular formula is C19H22N2O4S. The summed E-state index contributed by atoms with van der Waals surface area (Å²) in [6, 6.07) is 11.1. The van der Waals surface area contributed by atoms with E-state index in [0.717, 1.165) is 18.4 Å². The van der Waals surface area contributed by atoms with E-state index < -0.39 is 21.1 Å². The maximum atomic E-state index is 12.5. The Labute approximate surface area is 152 Å². The van der Waals surface area contributed by atoms with Crippen molar-refractivity contribution >= 4 is 9.84 Å². The Hall–Kier alpha value is -2.41. The highest BCUT2D eigenvalue weighted by atomic mass is 32.2. The van der Waals surface area contributed by atoms with Gasteiger partial charge in [0, 0.05) is 24.2 Å². The summed E-state index contributed by atoms with van der Waals surface area (Å²) in [5.74, 6) is 0.288. The smallest absolute Gasteiger partial charge is 0.297 e. The Kier molecular flexibility index (Phi) is 5.27. The standard InChI is InChI=1S/C19H22N2O4S/c22-17-9-13-21(18(23)20-17)12-5-2-6-14-26(24,25)15-19(10-11-19)16-7-3-1-4-8-16/h1-5,7-9,13H,6,10-12,14-15H2,(H,20,22,23)/b5-2+. The Morgan fingerprint density at radius 2 is 1.81 bits per heavy atom. The van der Waals surface area contributed by atoms with Crippen LogP contribution in [0.5, 0.6) is 0 Å². The fourth-order valence-corrected chi connectivity index (χ4v) is 5.03. The van der Waals surface area contributed by atoms with E-state index in [9.17, 15) is 18.0 Å². The number of allylic oxidation sites excluding steroid dienone is 2. The van der Waals surface area contributed by atoms with E-state index in [1.165, 1.54) is 16.8 Å². The van der Waals surface area contributed by atoms with Gasteiger partial charge in [0.15, 0.2) is 9.84 Å². The minimum absolute atomic E-state index is 0.0958. The molecule has 2 aromatic rings. The third kappa shape index (κ3) is 4.60. The van der Waals surface area contributed by atoms with Gasteiger partial charge in [-0.1, -0.05) is 42.5 Å². The van der Waals surface area contributed by atoms with Crippen LogP contribution in [0.2, 0.25) is 0 Å². The first-order chi connectivity index (χ1) is 12.4. The number of aromatic nitrogens is 2. The van der Waals surface area contributed by atoms with Gasteiger partial charge in [-0.3, -0.25) is 14.3 Å². The molecule has 6 nitrogen and oxygen atoms in total. The van der Waals surface area contributed by atoms with Crippen molar-refractivity contribution in [1.82, 2.24) is 9.55 Å². The summed E-state index contributed by atoms with van der Waals surface area (Å²) >= 11 is 0. The molecule has 26 heavy (non-hydrogen) atoms. The molecule has 0 aliphatic heterocycles. The van der Waals surface area contributed by atoms with Crippen molar-refractivity contribution in [2.75, 3.05) is 11.5 Å². The molecule has 0 bridgehead atoms. The van der Waals surface area contributed by atoms with Crippen molar-refractivity contribution in [2.24, 2.45) is 0 Å². The predicted molar refractivity (Wildman–Crippen MR) is 101 cm³/mol. The molecule has 3 rings (SSSR count). The monoisotopic (exact) mass is 374 g/mol. The number of hydrogen-bond donors (Lipinski definition) is 1. The number of nitrogens with one attached hydrogen (secondary N) is 1. The Morgan fingerprint density at radius 3 is 2.46 bits per heavy atom. The lowest BCUT2D eigenvalue weighted by atomic mass is 9.99. The largest absolute Gasteiger partial charge is 0.328 e. The number of rotatable bonds is 8. The molecule has 0 atom stereocenters. The summed E-state index contributed by atoms with van der Waals surface area (Å²) in [6.07, 6.45) is 7.16. The summed E-state index contributed by atoms with van der Waals surface area (Å²) in [6.45, 7) is 0.295. The van der Waals surface area contributed by atoms with Gasteiger partial charge >= 0.3 is 5.69 Å². The first-order valence-electron chi connectivity index (χ1n) is 8.61. The molecular weight excluding hydrogens is 352 g/mol. The summed E-state index contributed by atoms with van der Waals surface area (Å²) < 4.78 is 26.3. The van der Waals surface area contributed by atoms with Crippen LogP contribution in [-0.4, -0.2) is 29.5 Å². The minimum Gasteiger partial charge on any atom is -0.297 e. The highest BCUT2D eigenvalue weighted by Gasteiger charge is 2.47. The van der Waals surface area contributed by atoms with Crippen molar-refractivity contribution in [2.45, 2.75) is 31.2 Å². The average Bonchev–Trinajstić information content (AvgIpc) is 3.37. The van der Waals surface area contributed by atoms with Gasteiger partial charge in [-0.25, -0.2) is 13.2 Å². The lowest BCUT2D eigenvalue weighted by molar-refractivity contribution is 0.585. The van der Waals surface area contributed by atoms with Crippen LogP contribution in [0.4, 0.5) is 0 Å². The quantitative estimate of drug-likeness (QED) is 0.711. The molecule has 1 aliphatic rings. The molecule has 1 aromatic heterocycles. The van der Waals surface area contributed by atoms with Gasteiger partial charge in [0.1, 0.15) is 0 Å². The molecule has 138 valence electrons. The molecule has 0 spiro atoms. The normalized spacial score (nSPS) is 16.0.